The Hall–Kier alpha value is -1.56. The van der Waals surface area contributed by atoms with Gasteiger partial charge in [0.2, 0.25) is 5.16 Å². The summed E-state index contributed by atoms with van der Waals surface area (Å²) < 4.78 is 1.57. The van der Waals surface area contributed by atoms with Gasteiger partial charge in [-0.1, -0.05) is 0 Å². The minimum atomic E-state index is 0.479. The molecule has 2 rings (SSSR count). The van der Waals surface area contributed by atoms with Gasteiger partial charge in [-0.25, -0.2) is 0 Å². The zero-order valence-electron chi connectivity index (χ0n) is 8.49. The topological polar surface area (TPSA) is 46.8 Å². The first-order chi connectivity index (χ1) is 7.18. The van der Waals surface area contributed by atoms with Crippen molar-refractivity contribution in [3.63, 3.8) is 0 Å². The number of anilines is 1. The third kappa shape index (κ3) is 1.94. The summed E-state index contributed by atoms with van der Waals surface area (Å²) in [6.45, 7) is 0. The molecular weight excluding hydrogens is 210 g/mol. The maximum atomic E-state index is 4.14. The highest BCUT2D eigenvalue weighted by Crippen LogP contribution is 2.15. The van der Waals surface area contributed by atoms with Gasteiger partial charge < -0.3 is 4.90 Å². The quantitative estimate of drug-likeness (QED) is 0.769. The molecule has 0 saturated carbocycles. The lowest BCUT2D eigenvalue weighted by molar-refractivity contribution is 0.758. The van der Waals surface area contributed by atoms with Gasteiger partial charge in [0.1, 0.15) is 0 Å². The maximum absolute atomic E-state index is 4.14. The molecule has 0 amide bonds. The molecule has 5 nitrogen and oxygen atoms in total. The van der Waals surface area contributed by atoms with Gasteiger partial charge in [-0.2, -0.15) is 4.68 Å². The summed E-state index contributed by atoms with van der Waals surface area (Å²) in [6, 6.07) is 7.91. The van der Waals surface area contributed by atoms with Crippen LogP contribution in [-0.4, -0.2) is 34.3 Å². The molecule has 1 aromatic heterocycles. The normalized spacial score (nSPS) is 10.3. The molecule has 0 unspecified atom stereocenters. The van der Waals surface area contributed by atoms with E-state index in [-0.39, 0.29) is 0 Å². The van der Waals surface area contributed by atoms with E-state index in [9.17, 15) is 0 Å². The number of thiol groups is 1. The zero-order chi connectivity index (χ0) is 10.8. The summed E-state index contributed by atoms with van der Waals surface area (Å²) in [5.41, 5.74) is 2.03. The summed E-state index contributed by atoms with van der Waals surface area (Å²) >= 11 is 4.14. The number of rotatable bonds is 2. The second-order valence-electron chi connectivity index (χ2n) is 3.30. The lowest BCUT2D eigenvalue weighted by Gasteiger charge is -2.12. The molecule has 1 heterocycles. The van der Waals surface area contributed by atoms with Crippen molar-refractivity contribution in [1.82, 2.24) is 20.2 Å². The molecule has 0 aliphatic heterocycles. The first kappa shape index (κ1) is 9.97. The molecule has 15 heavy (non-hydrogen) atoms. The number of nitrogens with zero attached hydrogens (tertiary/aromatic N) is 5. The van der Waals surface area contributed by atoms with Crippen LogP contribution in [0.2, 0.25) is 0 Å². The number of tetrazole rings is 1. The number of benzene rings is 1. The Morgan fingerprint density at radius 1 is 1.20 bits per heavy atom. The van der Waals surface area contributed by atoms with Crippen LogP contribution < -0.4 is 4.90 Å². The molecule has 1 aromatic carbocycles. The Bertz CT molecular complexity index is 448. The molecule has 0 N–H and O–H groups in total. The largest absolute Gasteiger partial charge is 0.378 e. The van der Waals surface area contributed by atoms with Crippen molar-refractivity contribution in [2.45, 2.75) is 5.16 Å². The highest BCUT2D eigenvalue weighted by Gasteiger charge is 2.03. The van der Waals surface area contributed by atoms with Gasteiger partial charge in [0.15, 0.2) is 0 Å². The molecule has 0 atom stereocenters. The van der Waals surface area contributed by atoms with E-state index in [2.05, 4.69) is 28.2 Å². The van der Waals surface area contributed by atoms with Crippen molar-refractivity contribution < 1.29 is 0 Å². The van der Waals surface area contributed by atoms with Gasteiger partial charge in [-0.05, 0) is 34.7 Å². The van der Waals surface area contributed by atoms with E-state index in [4.69, 9.17) is 0 Å². The average molecular weight is 221 g/mol. The molecule has 78 valence electrons. The molecule has 0 radical (unpaired) electrons. The van der Waals surface area contributed by atoms with E-state index < -0.39 is 0 Å². The van der Waals surface area contributed by atoms with E-state index >= 15 is 0 Å². The van der Waals surface area contributed by atoms with Crippen LogP contribution in [0.25, 0.3) is 5.69 Å². The third-order valence-corrected chi connectivity index (χ3v) is 2.34. The van der Waals surface area contributed by atoms with Crippen LogP contribution in [0.5, 0.6) is 0 Å². The van der Waals surface area contributed by atoms with Crippen LogP contribution >= 0.6 is 12.6 Å². The molecule has 0 spiro atoms. The minimum Gasteiger partial charge on any atom is -0.378 e. The van der Waals surface area contributed by atoms with Gasteiger partial charge >= 0.3 is 0 Å². The van der Waals surface area contributed by atoms with Gasteiger partial charge in [0.05, 0.1) is 5.69 Å². The Morgan fingerprint density at radius 2 is 1.87 bits per heavy atom. The monoisotopic (exact) mass is 221 g/mol. The molecule has 0 aliphatic carbocycles. The molecule has 6 heteroatoms. The lowest BCUT2D eigenvalue weighted by atomic mass is 10.3. The third-order valence-electron chi connectivity index (χ3n) is 2.06. The molecule has 0 aliphatic rings. The smallest absolute Gasteiger partial charge is 0.211 e. The van der Waals surface area contributed by atoms with Gasteiger partial charge in [0.25, 0.3) is 0 Å². The van der Waals surface area contributed by atoms with Crippen molar-refractivity contribution in [2.24, 2.45) is 0 Å². The number of hydrogen-bond donors (Lipinski definition) is 1. The van der Waals surface area contributed by atoms with Crippen molar-refractivity contribution >= 4 is 18.3 Å². The molecule has 0 saturated heterocycles. The van der Waals surface area contributed by atoms with E-state index in [0.717, 1.165) is 11.4 Å². The fraction of sp³-hybridized carbons (Fsp3) is 0.222. The summed E-state index contributed by atoms with van der Waals surface area (Å²) in [4.78, 5) is 2.03. The van der Waals surface area contributed by atoms with Crippen molar-refractivity contribution in [1.29, 1.82) is 0 Å². The fourth-order valence-electron chi connectivity index (χ4n) is 1.24. The molecule has 2 aromatic rings. The first-order valence-corrected chi connectivity index (χ1v) is 4.88. The molecular formula is C9H11N5S. The second kappa shape index (κ2) is 3.90. The summed E-state index contributed by atoms with van der Waals surface area (Å²) in [5.74, 6) is 0. The number of aromatic nitrogens is 4. The van der Waals surface area contributed by atoms with Gasteiger partial charge in [-0.3, -0.25) is 0 Å². The molecule has 0 bridgehead atoms. The van der Waals surface area contributed by atoms with Crippen LogP contribution in [0.4, 0.5) is 5.69 Å². The van der Waals surface area contributed by atoms with Gasteiger partial charge in [-0.15, -0.1) is 17.7 Å². The van der Waals surface area contributed by atoms with E-state index in [1.54, 1.807) is 4.68 Å². The van der Waals surface area contributed by atoms with Crippen molar-refractivity contribution in [3.8, 4) is 5.69 Å². The second-order valence-corrected chi connectivity index (χ2v) is 3.70. The Balaban J connectivity index is 2.36. The number of hydrogen-bond acceptors (Lipinski definition) is 5. The van der Waals surface area contributed by atoms with Gasteiger partial charge in [0, 0.05) is 19.8 Å². The summed E-state index contributed by atoms with van der Waals surface area (Å²) in [5, 5.41) is 11.5. The highest BCUT2D eigenvalue weighted by molar-refractivity contribution is 7.80. The average Bonchev–Trinajstić information content (AvgIpc) is 2.65. The summed E-state index contributed by atoms with van der Waals surface area (Å²) in [6.07, 6.45) is 0. The fourth-order valence-corrected chi connectivity index (χ4v) is 1.44. The first-order valence-electron chi connectivity index (χ1n) is 4.43. The Kier molecular flexibility index (Phi) is 2.59. The van der Waals surface area contributed by atoms with Crippen molar-refractivity contribution in [3.05, 3.63) is 24.3 Å². The predicted molar refractivity (Wildman–Crippen MR) is 60.7 cm³/mol. The Labute approximate surface area is 93.1 Å². The van der Waals surface area contributed by atoms with Crippen LogP contribution in [0.3, 0.4) is 0 Å². The minimum absolute atomic E-state index is 0.479. The Morgan fingerprint density at radius 3 is 2.33 bits per heavy atom. The van der Waals surface area contributed by atoms with E-state index in [0.29, 0.717) is 5.16 Å². The predicted octanol–water partition coefficient (Wildman–Crippen LogP) is 1.02. The van der Waals surface area contributed by atoms with Crippen LogP contribution in [0.15, 0.2) is 29.4 Å². The molecule has 0 fully saturated rings. The SMILES string of the molecule is CN(C)c1ccc(-n2nnnc2S)cc1. The lowest BCUT2D eigenvalue weighted by Crippen LogP contribution is -2.08. The van der Waals surface area contributed by atoms with E-state index in [1.165, 1.54) is 0 Å². The van der Waals surface area contributed by atoms with Crippen LogP contribution in [-0.2, 0) is 0 Å². The summed E-state index contributed by atoms with van der Waals surface area (Å²) in [7, 11) is 3.99. The van der Waals surface area contributed by atoms with E-state index in [1.807, 2.05) is 43.3 Å². The highest BCUT2D eigenvalue weighted by atomic mass is 32.1. The zero-order valence-corrected chi connectivity index (χ0v) is 9.39. The van der Waals surface area contributed by atoms with Crippen LogP contribution in [0.1, 0.15) is 0 Å². The van der Waals surface area contributed by atoms with Crippen LogP contribution in [0, 0.1) is 0 Å². The van der Waals surface area contributed by atoms with Crippen molar-refractivity contribution in [2.75, 3.05) is 19.0 Å². The standard InChI is InChI=1S/C9H11N5S/c1-13(2)7-3-5-8(6-4-7)14-9(15)10-11-12-14/h3-6H,1-2H3,(H,10,12,15). The maximum Gasteiger partial charge on any atom is 0.211 e.